The van der Waals surface area contributed by atoms with Gasteiger partial charge in [0.05, 0.1) is 0 Å². The summed E-state index contributed by atoms with van der Waals surface area (Å²) in [5.74, 6) is 1.86. The van der Waals surface area contributed by atoms with Crippen molar-refractivity contribution >= 4 is 22.5 Å². The Balaban J connectivity index is 1.34. The van der Waals surface area contributed by atoms with Crippen molar-refractivity contribution in [3.05, 3.63) is 30.0 Å². The van der Waals surface area contributed by atoms with Gasteiger partial charge >= 0.3 is 0 Å². The van der Waals surface area contributed by atoms with E-state index in [2.05, 4.69) is 40.5 Å². The molecule has 2 aromatic rings. The number of rotatable bonds is 11. The van der Waals surface area contributed by atoms with E-state index in [1.807, 2.05) is 6.07 Å². The minimum atomic E-state index is 0.159. The number of carbonyl (C=O) groups excluding carboxylic acids is 1. The van der Waals surface area contributed by atoms with E-state index in [9.17, 15) is 4.79 Å². The van der Waals surface area contributed by atoms with Crippen molar-refractivity contribution in [2.75, 3.05) is 25.0 Å². The van der Waals surface area contributed by atoms with Crippen LogP contribution in [0, 0.1) is 11.8 Å². The molecular formula is C25H37N3O. The van der Waals surface area contributed by atoms with Crippen LogP contribution in [0.2, 0.25) is 0 Å². The molecule has 4 nitrogen and oxygen atoms in total. The number of fused-ring (bicyclic) bond motifs is 1. The first-order valence-corrected chi connectivity index (χ1v) is 11.8. The van der Waals surface area contributed by atoms with Crippen molar-refractivity contribution in [2.45, 2.75) is 71.1 Å². The summed E-state index contributed by atoms with van der Waals surface area (Å²) in [4.78, 5) is 18.4. The summed E-state index contributed by atoms with van der Waals surface area (Å²) in [6, 6.07) is 6.27. The maximum atomic E-state index is 12.4. The van der Waals surface area contributed by atoms with Gasteiger partial charge < -0.3 is 15.2 Å². The summed E-state index contributed by atoms with van der Waals surface area (Å²) in [5.41, 5.74) is 3.45. The molecule has 4 rings (SSSR count). The van der Waals surface area contributed by atoms with Gasteiger partial charge in [0, 0.05) is 42.3 Å². The van der Waals surface area contributed by atoms with Crippen molar-refractivity contribution < 1.29 is 4.79 Å². The van der Waals surface area contributed by atoms with Gasteiger partial charge in [-0.3, -0.25) is 4.79 Å². The highest BCUT2D eigenvalue weighted by Gasteiger charge is 2.24. The standard InChI is InChI=1S/C25H37N3O/c1-2-14-28(18-20-7-8-20)15-13-21-17-26-24-11-10-22(16-23(21)24)27-25(29)12-9-19-5-3-4-6-19/h10-11,16-17,19-20,26H,2-9,12-15,18H2,1H3,(H,27,29). The lowest BCUT2D eigenvalue weighted by Crippen LogP contribution is -2.29. The molecule has 1 heterocycles. The molecule has 0 bridgehead atoms. The van der Waals surface area contributed by atoms with Crippen LogP contribution in [0.25, 0.3) is 10.9 Å². The predicted molar refractivity (Wildman–Crippen MR) is 121 cm³/mol. The normalized spacial score (nSPS) is 17.4. The molecular weight excluding hydrogens is 358 g/mol. The molecule has 1 aromatic heterocycles. The van der Waals surface area contributed by atoms with Gasteiger partial charge in [-0.15, -0.1) is 0 Å². The highest BCUT2D eigenvalue weighted by atomic mass is 16.1. The van der Waals surface area contributed by atoms with Crippen LogP contribution >= 0.6 is 0 Å². The molecule has 29 heavy (non-hydrogen) atoms. The second-order valence-corrected chi connectivity index (χ2v) is 9.31. The lowest BCUT2D eigenvalue weighted by molar-refractivity contribution is -0.116. The Morgan fingerprint density at radius 2 is 1.97 bits per heavy atom. The number of anilines is 1. The molecule has 158 valence electrons. The Hall–Kier alpha value is -1.81. The van der Waals surface area contributed by atoms with Crippen LogP contribution in [0.5, 0.6) is 0 Å². The van der Waals surface area contributed by atoms with E-state index in [0.29, 0.717) is 6.42 Å². The minimum Gasteiger partial charge on any atom is -0.361 e. The van der Waals surface area contributed by atoms with E-state index in [-0.39, 0.29) is 5.91 Å². The van der Waals surface area contributed by atoms with E-state index in [4.69, 9.17) is 0 Å². The van der Waals surface area contributed by atoms with Gasteiger partial charge in [0.15, 0.2) is 0 Å². The molecule has 0 aliphatic heterocycles. The third-order valence-electron chi connectivity index (χ3n) is 6.76. The first-order chi connectivity index (χ1) is 14.2. The Morgan fingerprint density at radius 3 is 2.72 bits per heavy atom. The molecule has 2 fully saturated rings. The molecule has 0 radical (unpaired) electrons. The van der Waals surface area contributed by atoms with Crippen LogP contribution in [-0.2, 0) is 11.2 Å². The number of hydrogen-bond acceptors (Lipinski definition) is 2. The highest BCUT2D eigenvalue weighted by molar-refractivity contribution is 5.94. The van der Waals surface area contributed by atoms with E-state index >= 15 is 0 Å². The quantitative estimate of drug-likeness (QED) is 0.509. The third kappa shape index (κ3) is 5.85. The van der Waals surface area contributed by atoms with Crippen molar-refractivity contribution in [3.8, 4) is 0 Å². The number of aromatic amines is 1. The fourth-order valence-electron chi connectivity index (χ4n) is 4.88. The molecule has 0 atom stereocenters. The van der Waals surface area contributed by atoms with Gasteiger partial charge in [0.2, 0.25) is 5.91 Å². The van der Waals surface area contributed by atoms with Gasteiger partial charge in [-0.2, -0.15) is 0 Å². The predicted octanol–water partition coefficient (Wildman–Crippen LogP) is 5.74. The zero-order valence-corrected chi connectivity index (χ0v) is 18.0. The van der Waals surface area contributed by atoms with E-state index in [0.717, 1.165) is 42.4 Å². The molecule has 2 N–H and O–H groups in total. The van der Waals surface area contributed by atoms with Crippen LogP contribution in [0.3, 0.4) is 0 Å². The number of aromatic nitrogens is 1. The SMILES string of the molecule is CCCN(CCc1c[nH]c2ccc(NC(=O)CCC3CCCC3)cc12)CC1CC1. The van der Waals surface area contributed by atoms with Crippen LogP contribution in [0.4, 0.5) is 5.69 Å². The summed E-state index contributed by atoms with van der Waals surface area (Å²) >= 11 is 0. The van der Waals surface area contributed by atoms with E-state index < -0.39 is 0 Å². The van der Waals surface area contributed by atoms with Crippen LogP contribution in [-0.4, -0.2) is 35.4 Å². The molecule has 0 saturated heterocycles. The monoisotopic (exact) mass is 395 g/mol. The molecule has 1 aromatic carbocycles. The first-order valence-electron chi connectivity index (χ1n) is 11.8. The summed E-state index contributed by atoms with van der Waals surface area (Å²) in [7, 11) is 0. The number of nitrogens with zero attached hydrogens (tertiary/aromatic N) is 1. The molecule has 0 spiro atoms. The minimum absolute atomic E-state index is 0.159. The first kappa shape index (κ1) is 20.5. The molecule has 2 aliphatic rings. The Kier molecular flexibility index (Phi) is 6.91. The molecule has 2 aliphatic carbocycles. The Labute approximate surface area is 175 Å². The number of amides is 1. The number of benzene rings is 1. The number of hydrogen-bond donors (Lipinski definition) is 2. The summed E-state index contributed by atoms with van der Waals surface area (Å²) in [5, 5.41) is 4.38. The van der Waals surface area contributed by atoms with Crippen LogP contribution in [0.1, 0.15) is 70.3 Å². The lowest BCUT2D eigenvalue weighted by atomic mass is 10.0. The van der Waals surface area contributed by atoms with Crippen molar-refractivity contribution in [2.24, 2.45) is 11.8 Å². The maximum absolute atomic E-state index is 12.4. The van der Waals surface area contributed by atoms with Crippen molar-refractivity contribution in [1.82, 2.24) is 9.88 Å². The van der Waals surface area contributed by atoms with Crippen molar-refractivity contribution in [3.63, 3.8) is 0 Å². The van der Waals surface area contributed by atoms with E-state index in [1.54, 1.807) is 0 Å². The third-order valence-corrected chi connectivity index (χ3v) is 6.76. The fraction of sp³-hybridized carbons (Fsp3) is 0.640. The smallest absolute Gasteiger partial charge is 0.224 e. The molecule has 4 heteroatoms. The molecule has 2 saturated carbocycles. The van der Waals surface area contributed by atoms with Gasteiger partial charge in [-0.1, -0.05) is 32.6 Å². The summed E-state index contributed by atoms with van der Waals surface area (Å²) in [6.45, 7) is 5.85. The Bertz CT molecular complexity index is 802. The molecule has 1 amide bonds. The topological polar surface area (TPSA) is 48.1 Å². The van der Waals surface area contributed by atoms with Crippen molar-refractivity contribution in [1.29, 1.82) is 0 Å². The van der Waals surface area contributed by atoms with Crippen LogP contribution < -0.4 is 5.32 Å². The Morgan fingerprint density at radius 1 is 1.14 bits per heavy atom. The van der Waals surface area contributed by atoms with Gasteiger partial charge in [-0.05, 0) is 74.2 Å². The van der Waals surface area contributed by atoms with Gasteiger partial charge in [0.25, 0.3) is 0 Å². The lowest BCUT2D eigenvalue weighted by Gasteiger charge is -2.21. The highest BCUT2D eigenvalue weighted by Crippen LogP contribution is 2.30. The van der Waals surface area contributed by atoms with Crippen LogP contribution in [0.15, 0.2) is 24.4 Å². The second-order valence-electron chi connectivity index (χ2n) is 9.31. The number of nitrogens with one attached hydrogen (secondary N) is 2. The second kappa shape index (κ2) is 9.80. The van der Waals surface area contributed by atoms with E-state index in [1.165, 1.54) is 69.0 Å². The average molecular weight is 396 g/mol. The maximum Gasteiger partial charge on any atom is 0.224 e. The fourth-order valence-corrected chi connectivity index (χ4v) is 4.88. The average Bonchev–Trinajstić information content (AvgIpc) is 3.22. The number of carbonyl (C=O) groups is 1. The zero-order valence-electron chi connectivity index (χ0n) is 18.0. The zero-order chi connectivity index (χ0) is 20.1. The molecule has 0 unspecified atom stereocenters. The summed E-state index contributed by atoms with van der Waals surface area (Å²) in [6.07, 6.45) is 14.2. The summed E-state index contributed by atoms with van der Waals surface area (Å²) < 4.78 is 0. The van der Waals surface area contributed by atoms with Gasteiger partial charge in [0.1, 0.15) is 0 Å². The van der Waals surface area contributed by atoms with Gasteiger partial charge in [-0.25, -0.2) is 0 Å². The number of H-pyrrole nitrogens is 1. The largest absolute Gasteiger partial charge is 0.361 e.